The molecule has 1 aliphatic heterocycles. The molecule has 0 aliphatic carbocycles. The molecule has 1 rings (SSSR count). The highest BCUT2D eigenvalue weighted by atomic mass is 16.4. The first-order valence-corrected chi connectivity index (χ1v) is 8.07. The van der Waals surface area contributed by atoms with Gasteiger partial charge in [0.15, 0.2) is 0 Å². The molecule has 21 heavy (non-hydrogen) atoms. The maximum absolute atomic E-state index is 12.3. The molecule has 1 heterocycles. The van der Waals surface area contributed by atoms with Crippen molar-refractivity contribution in [3.05, 3.63) is 0 Å². The Morgan fingerprint density at radius 2 is 2.00 bits per heavy atom. The summed E-state index contributed by atoms with van der Waals surface area (Å²) < 4.78 is 0. The lowest BCUT2D eigenvalue weighted by Crippen LogP contribution is -2.36. The van der Waals surface area contributed by atoms with Crippen LogP contribution in [0.25, 0.3) is 0 Å². The number of aliphatic carboxylic acids is 1. The lowest BCUT2D eigenvalue weighted by atomic mass is 9.84. The van der Waals surface area contributed by atoms with Crippen molar-refractivity contribution < 1.29 is 14.7 Å². The molecule has 1 saturated heterocycles. The lowest BCUT2D eigenvalue weighted by Gasteiger charge is -2.24. The molecule has 1 fully saturated rings. The molecule has 3 N–H and O–H groups in total. The summed E-state index contributed by atoms with van der Waals surface area (Å²) in [5.74, 6) is 0.309. The maximum Gasteiger partial charge on any atom is 0.311 e. The molecule has 0 bridgehead atoms. The van der Waals surface area contributed by atoms with Crippen LogP contribution in [-0.4, -0.2) is 41.5 Å². The van der Waals surface area contributed by atoms with E-state index in [1.54, 1.807) is 4.90 Å². The number of likely N-dealkylation sites (tertiary alicyclic amines) is 1. The zero-order valence-electron chi connectivity index (χ0n) is 13.6. The molecule has 0 aromatic heterocycles. The van der Waals surface area contributed by atoms with Gasteiger partial charge in [0.2, 0.25) is 5.91 Å². The van der Waals surface area contributed by atoms with Crippen molar-refractivity contribution in [3.8, 4) is 0 Å². The molecule has 0 aromatic rings. The third-order valence-electron chi connectivity index (χ3n) is 5.05. The highest BCUT2D eigenvalue weighted by Gasteiger charge is 2.44. The van der Waals surface area contributed by atoms with Gasteiger partial charge in [-0.2, -0.15) is 0 Å². The van der Waals surface area contributed by atoms with Crippen LogP contribution in [0.3, 0.4) is 0 Å². The van der Waals surface area contributed by atoms with E-state index in [0.717, 1.165) is 12.8 Å². The SMILES string of the molecule is CCC1(C(=O)O)CCN(C(=O)CCC(CCN)C(C)C)C1. The molecule has 2 atom stereocenters. The summed E-state index contributed by atoms with van der Waals surface area (Å²) in [4.78, 5) is 25.4. The zero-order chi connectivity index (χ0) is 16.0. The molecule has 5 nitrogen and oxygen atoms in total. The number of nitrogens with two attached hydrogens (primary N) is 1. The minimum atomic E-state index is -0.775. The second kappa shape index (κ2) is 7.78. The molecule has 1 amide bonds. The largest absolute Gasteiger partial charge is 0.481 e. The number of carbonyl (C=O) groups excluding carboxylic acids is 1. The molecular weight excluding hydrogens is 268 g/mol. The average molecular weight is 298 g/mol. The van der Waals surface area contributed by atoms with Crippen LogP contribution in [0.2, 0.25) is 0 Å². The lowest BCUT2D eigenvalue weighted by molar-refractivity contribution is -0.148. The smallest absolute Gasteiger partial charge is 0.311 e. The van der Waals surface area contributed by atoms with Crippen molar-refractivity contribution in [2.45, 2.75) is 52.9 Å². The Bertz CT molecular complexity index is 371. The molecule has 0 radical (unpaired) electrons. The first-order valence-electron chi connectivity index (χ1n) is 8.07. The van der Waals surface area contributed by atoms with E-state index in [0.29, 0.717) is 50.7 Å². The second-order valence-corrected chi connectivity index (χ2v) is 6.62. The van der Waals surface area contributed by atoms with E-state index in [4.69, 9.17) is 5.73 Å². The van der Waals surface area contributed by atoms with E-state index in [-0.39, 0.29) is 5.91 Å². The standard InChI is InChI=1S/C16H30N2O3/c1-4-16(15(20)21)8-10-18(11-16)14(19)6-5-13(7-9-17)12(2)3/h12-13H,4-11,17H2,1-3H3,(H,20,21). The summed E-state index contributed by atoms with van der Waals surface area (Å²) in [5, 5.41) is 9.37. The predicted molar refractivity (Wildman–Crippen MR) is 82.8 cm³/mol. The summed E-state index contributed by atoms with van der Waals surface area (Å²) in [6.45, 7) is 7.79. The van der Waals surface area contributed by atoms with Crippen LogP contribution < -0.4 is 5.73 Å². The molecule has 0 saturated carbocycles. The van der Waals surface area contributed by atoms with Crippen molar-refractivity contribution in [3.63, 3.8) is 0 Å². The van der Waals surface area contributed by atoms with Crippen molar-refractivity contribution in [2.24, 2.45) is 23.0 Å². The van der Waals surface area contributed by atoms with E-state index in [1.807, 2.05) is 6.92 Å². The van der Waals surface area contributed by atoms with Crippen LogP contribution >= 0.6 is 0 Å². The molecule has 0 aromatic carbocycles. The van der Waals surface area contributed by atoms with Gasteiger partial charge in [-0.25, -0.2) is 0 Å². The topological polar surface area (TPSA) is 83.6 Å². The molecule has 122 valence electrons. The van der Waals surface area contributed by atoms with Crippen molar-refractivity contribution >= 4 is 11.9 Å². The monoisotopic (exact) mass is 298 g/mol. The summed E-state index contributed by atoms with van der Waals surface area (Å²) in [6.07, 6.45) is 3.44. The molecule has 2 unspecified atom stereocenters. The number of rotatable bonds is 8. The van der Waals surface area contributed by atoms with Crippen LogP contribution in [0.4, 0.5) is 0 Å². The number of carboxylic acids is 1. The van der Waals surface area contributed by atoms with Gasteiger partial charge in [-0.05, 0) is 44.1 Å². The molecule has 1 aliphatic rings. The Morgan fingerprint density at radius 3 is 2.43 bits per heavy atom. The van der Waals surface area contributed by atoms with Crippen molar-refractivity contribution in [1.29, 1.82) is 0 Å². The number of nitrogens with zero attached hydrogens (tertiary/aromatic N) is 1. The predicted octanol–water partition coefficient (Wildman–Crippen LogP) is 2.10. The van der Waals surface area contributed by atoms with E-state index >= 15 is 0 Å². The maximum atomic E-state index is 12.3. The fraction of sp³-hybridized carbons (Fsp3) is 0.875. The van der Waals surface area contributed by atoms with Crippen molar-refractivity contribution in [1.82, 2.24) is 4.90 Å². The Labute approximate surface area is 127 Å². The number of hydrogen-bond acceptors (Lipinski definition) is 3. The van der Waals surface area contributed by atoms with Gasteiger partial charge in [0.05, 0.1) is 5.41 Å². The first-order chi connectivity index (χ1) is 9.86. The minimum Gasteiger partial charge on any atom is -0.481 e. The Hall–Kier alpha value is -1.10. The van der Waals surface area contributed by atoms with Gasteiger partial charge in [0.25, 0.3) is 0 Å². The van der Waals surface area contributed by atoms with Gasteiger partial charge >= 0.3 is 5.97 Å². The summed E-state index contributed by atoms with van der Waals surface area (Å²) >= 11 is 0. The summed E-state index contributed by atoms with van der Waals surface area (Å²) in [5.41, 5.74) is 4.89. The minimum absolute atomic E-state index is 0.0919. The summed E-state index contributed by atoms with van der Waals surface area (Å²) in [7, 11) is 0. The normalized spacial score (nSPS) is 23.6. The van der Waals surface area contributed by atoms with Gasteiger partial charge in [0, 0.05) is 19.5 Å². The Balaban J connectivity index is 2.52. The third kappa shape index (κ3) is 4.43. The highest BCUT2D eigenvalue weighted by molar-refractivity contribution is 5.80. The van der Waals surface area contributed by atoms with Crippen molar-refractivity contribution in [2.75, 3.05) is 19.6 Å². The first kappa shape index (κ1) is 18.0. The number of carbonyl (C=O) groups is 2. The second-order valence-electron chi connectivity index (χ2n) is 6.62. The van der Waals surface area contributed by atoms with Crippen LogP contribution in [-0.2, 0) is 9.59 Å². The number of carboxylic acid groups (broad SMARTS) is 1. The van der Waals surface area contributed by atoms with Gasteiger partial charge in [-0.15, -0.1) is 0 Å². The van der Waals surface area contributed by atoms with E-state index < -0.39 is 11.4 Å². The van der Waals surface area contributed by atoms with Gasteiger partial charge in [-0.1, -0.05) is 20.8 Å². The average Bonchev–Trinajstić information content (AvgIpc) is 2.88. The van der Waals surface area contributed by atoms with Crippen LogP contribution in [0.5, 0.6) is 0 Å². The Kier molecular flexibility index (Phi) is 6.65. The highest BCUT2D eigenvalue weighted by Crippen LogP contribution is 2.34. The summed E-state index contributed by atoms with van der Waals surface area (Å²) in [6, 6.07) is 0. The molecule has 5 heteroatoms. The van der Waals surface area contributed by atoms with E-state index in [1.165, 1.54) is 0 Å². The van der Waals surface area contributed by atoms with Gasteiger partial charge < -0.3 is 15.7 Å². The van der Waals surface area contributed by atoms with E-state index in [2.05, 4.69) is 13.8 Å². The molecule has 0 spiro atoms. The Morgan fingerprint density at radius 1 is 1.33 bits per heavy atom. The van der Waals surface area contributed by atoms with E-state index in [9.17, 15) is 14.7 Å². The quantitative estimate of drug-likeness (QED) is 0.719. The fourth-order valence-electron chi connectivity index (χ4n) is 3.19. The van der Waals surface area contributed by atoms with Gasteiger partial charge in [-0.3, -0.25) is 9.59 Å². The molecular formula is C16H30N2O3. The number of amides is 1. The van der Waals surface area contributed by atoms with Crippen LogP contribution in [0.1, 0.15) is 52.9 Å². The van der Waals surface area contributed by atoms with Gasteiger partial charge in [0.1, 0.15) is 0 Å². The zero-order valence-corrected chi connectivity index (χ0v) is 13.6. The van der Waals surface area contributed by atoms with Crippen LogP contribution in [0.15, 0.2) is 0 Å². The van der Waals surface area contributed by atoms with Crippen LogP contribution in [0, 0.1) is 17.3 Å². The third-order valence-corrected chi connectivity index (χ3v) is 5.05. The number of hydrogen-bond donors (Lipinski definition) is 2. The fourth-order valence-corrected chi connectivity index (χ4v) is 3.19.